The molecule has 19 heavy (non-hydrogen) atoms. The number of aryl methyl sites for hydroxylation is 1. The van der Waals surface area contributed by atoms with Gasteiger partial charge >= 0.3 is 0 Å². The number of amides is 1. The summed E-state index contributed by atoms with van der Waals surface area (Å²) in [5.74, 6) is 0.712. The monoisotopic (exact) mass is 292 g/mol. The Kier molecular flexibility index (Phi) is 3.16. The molecule has 3 heterocycles. The van der Waals surface area contributed by atoms with E-state index in [2.05, 4.69) is 15.3 Å². The zero-order valence-electron chi connectivity index (χ0n) is 10.3. The van der Waals surface area contributed by atoms with E-state index in [1.807, 2.05) is 19.1 Å². The summed E-state index contributed by atoms with van der Waals surface area (Å²) in [5, 5.41) is 4.30. The number of anilines is 1. The minimum atomic E-state index is -0.202. The molecule has 7 heteroatoms. The Morgan fingerprint density at radius 2 is 2.32 bits per heavy atom. The molecule has 0 aromatic carbocycles. The number of nitrogens with zero attached hydrogens (tertiary/aromatic N) is 2. The third-order valence-electron chi connectivity index (χ3n) is 2.75. The van der Waals surface area contributed by atoms with Gasteiger partial charge in [-0.25, -0.2) is 4.98 Å². The fourth-order valence-corrected chi connectivity index (χ4v) is 3.58. The van der Waals surface area contributed by atoms with E-state index in [4.69, 9.17) is 5.73 Å². The topological polar surface area (TPSA) is 80.4 Å². The van der Waals surface area contributed by atoms with Crippen LogP contribution in [-0.2, 0) is 0 Å². The van der Waals surface area contributed by atoms with Crippen LogP contribution in [0.4, 0.5) is 5.69 Å². The van der Waals surface area contributed by atoms with E-state index in [1.165, 1.54) is 11.3 Å². The first kappa shape index (κ1) is 12.4. The van der Waals surface area contributed by atoms with Gasteiger partial charge in [0.2, 0.25) is 0 Å². The summed E-state index contributed by atoms with van der Waals surface area (Å²) < 4.78 is 0. The van der Waals surface area contributed by atoms with Crippen LogP contribution in [0.3, 0.4) is 0 Å². The minimum Gasteiger partial charge on any atom is -0.397 e. The van der Waals surface area contributed by atoms with Crippen LogP contribution in [-0.4, -0.2) is 28.4 Å². The number of thiophene rings is 1. The molecule has 98 valence electrons. The van der Waals surface area contributed by atoms with E-state index in [-0.39, 0.29) is 5.91 Å². The lowest BCUT2D eigenvalue weighted by Crippen LogP contribution is -2.27. The van der Waals surface area contributed by atoms with Gasteiger partial charge in [-0.05, 0) is 19.1 Å². The van der Waals surface area contributed by atoms with E-state index in [0.717, 1.165) is 28.2 Å². The lowest BCUT2D eigenvalue weighted by molar-refractivity contribution is 0.0983. The highest BCUT2D eigenvalue weighted by molar-refractivity contribution is 8.14. The SMILES string of the molecule is Cc1ccc2c(N)c(C(=O)NC3=NCCS3)sc2n1. The molecule has 3 rings (SSSR count). The molecule has 1 amide bonds. The average molecular weight is 292 g/mol. The third-order valence-corrected chi connectivity index (χ3v) is 4.75. The Bertz CT molecular complexity index is 692. The highest BCUT2D eigenvalue weighted by Gasteiger charge is 2.19. The minimum absolute atomic E-state index is 0.202. The molecule has 3 N–H and O–H groups in total. The summed E-state index contributed by atoms with van der Waals surface area (Å²) in [6.45, 7) is 2.67. The lowest BCUT2D eigenvalue weighted by atomic mass is 10.2. The van der Waals surface area contributed by atoms with Gasteiger partial charge in [0.25, 0.3) is 5.91 Å². The maximum atomic E-state index is 12.2. The number of aromatic nitrogens is 1. The van der Waals surface area contributed by atoms with Crippen molar-refractivity contribution >= 4 is 50.1 Å². The molecule has 2 aromatic rings. The average Bonchev–Trinajstić information content (AvgIpc) is 2.97. The molecular formula is C12H12N4OS2. The van der Waals surface area contributed by atoms with Crippen LogP contribution in [0.15, 0.2) is 17.1 Å². The Labute approximate surface area is 118 Å². The Hall–Kier alpha value is -1.60. The summed E-state index contributed by atoms with van der Waals surface area (Å²) in [6.07, 6.45) is 0. The summed E-state index contributed by atoms with van der Waals surface area (Å²) >= 11 is 2.86. The van der Waals surface area contributed by atoms with Crippen LogP contribution in [0.2, 0.25) is 0 Å². The van der Waals surface area contributed by atoms with Crippen molar-refractivity contribution in [3.8, 4) is 0 Å². The maximum absolute atomic E-state index is 12.2. The maximum Gasteiger partial charge on any atom is 0.269 e. The van der Waals surface area contributed by atoms with Gasteiger partial charge in [0.05, 0.1) is 12.2 Å². The van der Waals surface area contributed by atoms with Crippen molar-refractivity contribution < 1.29 is 4.79 Å². The predicted molar refractivity (Wildman–Crippen MR) is 81.0 cm³/mol. The number of hydrogen-bond donors (Lipinski definition) is 2. The molecule has 0 saturated carbocycles. The molecule has 0 fully saturated rings. The number of aliphatic imine (C=N–C) groups is 1. The molecule has 1 aliphatic heterocycles. The van der Waals surface area contributed by atoms with Gasteiger partial charge < -0.3 is 11.1 Å². The highest BCUT2D eigenvalue weighted by Crippen LogP contribution is 2.32. The standard InChI is InChI=1S/C12H12N4OS2/c1-6-2-3-7-8(13)9(19-11(7)15-6)10(17)16-12-14-4-5-18-12/h2-3H,4-5,13H2,1H3,(H,14,16,17). The Morgan fingerprint density at radius 1 is 1.47 bits per heavy atom. The van der Waals surface area contributed by atoms with Crippen molar-refractivity contribution in [1.82, 2.24) is 10.3 Å². The molecule has 0 saturated heterocycles. The summed E-state index contributed by atoms with van der Waals surface area (Å²) in [6, 6.07) is 3.80. The van der Waals surface area contributed by atoms with Gasteiger partial charge in [-0.15, -0.1) is 11.3 Å². The van der Waals surface area contributed by atoms with Gasteiger partial charge in [-0.2, -0.15) is 0 Å². The number of fused-ring (bicyclic) bond motifs is 1. The zero-order valence-corrected chi connectivity index (χ0v) is 11.9. The fraction of sp³-hybridized carbons (Fsp3) is 0.250. The number of hydrogen-bond acceptors (Lipinski definition) is 6. The van der Waals surface area contributed by atoms with E-state index < -0.39 is 0 Å². The lowest BCUT2D eigenvalue weighted by Gasteiger charge is -2.02. The van der Waals surface area contributed by atoms with Gasteiger partial charge in [0.1, 0.15) is 9.71 Å². The van der Waals surface area contributed by atoms with Crippen molar-refractivity contribution in [2.24, 2.45) is 4.99 Å². The number of pyridine rings is 1. The second-order valence-electron chi connectivity index (χ2n) is 4.14. The summed E-state index contributed by atoms with van der Waals surface area (Å²) in [4.78, 5) is 22.1. The highest BCUT2D eigenvalue weighted by atomic mass is 32.2. The Balaban J connectivity index is 1.95. The molecule has 0 atom stereocenters. The fourth-order valence-electron chi connectivity index (χ4n) is 1.82. The van der Waals surface area contributed by atoms with Crippen LogP contribution in [0, 0.1) is 6.92 Å². The van der Waals surface area contributed by atoms with Crippen molar-refractivity contribution in [2.75, 3.05) is 18.0 Å². The molecule has 5 nitrogen and oxygen atoms in total. The molecular weight excluding hydrogens is 280 g/mol. The number of nitrogens with two attached hydrogens (primary N) is 1. The van der Waals surface area contributed by atoms with Crippen LogP contribution >= 0.6 is 23.1 Å². The van der Waals surface area contributed by atoms with Crippen LogP contribution < -0.4 is 11.1 Å². The second kappa shape index (κ2) is 4.82. The molecule has 0 spiro atoms. The first-order valence-corrected chi connectivity index (χ1v) is 7.59. The third kappa shape index (κ3) is 2.31. The van der Waals surface area contributed by atoms with Crippen molar-refractivity contribution in [3.05, 3.63) is 22.7 Å². The van der Waals surface area contributed by atoms with E-state index in [1.54, 1.807) is 11.8 Å². The number of nitrogens with one attached hydrogen (secondary N) is 1. The van der Waals surface area contributed by atoms with Crippen molar-refractivity contribution in [1.29, 1.82) is 0 Å². The Morgan fingerprint density at radius 3 is 3.05 bits per heavy atom. The molecule has 0 unspecified atom stereocenters. The first-order valence-electron chi connectivity index (χ1n) is 5.79. The van der Waals surface area contributed by atoms with Crippen LogP contribution in [0.5, 0.6) is 0 Å². The van der Waals surface area contributed by atoms with E-state index >= 15 is 0 Å². The number of amidine groups is 1. The quantitative estimate of drug-likeness (QED) is 0.842. The largest absolute Gasteiger partial charge is 0.397 e. The number of rotatable bonds is 1. The van der Waals surface area contributed by atoms with Crippen LogP contribution in [0.25, 0.3) is 10.2 Å². The second-order valence-corrected chi connectivity index (χ2v) is 6.22. The molecule has 2 aromatic heterocycles. The number of carbonyl (C=O) groups is 1. The summed E-state index contributed by atoms with van der Waals surface area (Å²) in [7, 11) is 0. The number of nitrogen functional groups attached to an aromatic ring is 1. The van der Waals surface area contributed by atoms with Crippen molar-refractivity contribution in [3.63, 3.8) is 0 Å². The molecule has 0 radical (unpaired) electrons. The predicted octanol–water partition coefficient (Wildman–Crippen LogP) is 2.02. The molecule has 0 bridgehead atoms. The first-order chi connectivity index (χ1) is 9.15. The number of carbonyl (C=O) groups excluding carboxylic acids is 1. The number of thioether (sulfide) groups is 1. The van der Waals surface area contributed by atoms with E-state index in [9.17, 15) is 4.79 Å². The van der Waals surface area contributed by atoms with Gasteiger partial charge in [0.15, 0.2) is 5.17 Å². The van der Waals surface area contributed by atoms with E-state index in [0.29, 0.717) is 15.7 Å². The zero-order chi connectivity index (χ0) is 13.4. The van der Waals surface area contributed by atoms with Gasteiger partial charge in [-0.1, -0.05) is 11.8 Å². The smallest absolute Gasteiger partial charge is 0.269 e. The van der Waals surface area contributed by atoms with Gasteiger partial charge in [-0.3, -0.25) is 9.79 Å². The molecule has 1 aliphatic rings. The van der Waals surface area contributed by atoms with Crippen molar-refractivity contribution in [2.45, 2.75) is 6.92 Å². The van der Waals surface area contributed by atoms with Crippen LogP contribution in [0.1, 0.15) is 15.4 Å². The van der Waals surface area contributed by atoms with Gasteiger partial charge in [0, 0.05) is 16.8 Å². The summed E-state index contributed by atoms with van der Waals surface area (Å²) in [5.41, 5.74) is 7.43. The normalized spacial score (nSPS) is 14.7. The molecule has 0 aliphatic carbocycles.